The summed E-state index contributed by atoms with van der Waals surface area (Å²) >= 11 is 0. The van der Waals surface area contributed by atoms with E-state index in [0.717, 1.165) is 0 Å². The van der Waals surface area contributed by atoms with Gasteiger partial charge in [-0.25, -0.2) is 0 Å². The van der Waals surface area contributed by atoms with Gasteiger partial charge in [-0.15, -0.1) is 0 Å². The van der Waals surface area contributed by atoms with Crippen LogP contribution in [0.1, 0.15) is 13.3 Å². The number of rotatable bonds is 1. The normalized spacial score (nSPS) is 6.57. The first-order chi connectivity index (χ1) is 2.81. The maximum atomic E-state index is 9.96. The minimum atomic E-state index is -0.157. The van der Waals surface area contributed by atoms with Crippen molar-refractivity contribution >= 4 is 31.8 Å². The average Bonchev–Trinajstić information content (AvgIpc) is 1.65. The van der Waals surface area contributed by atoms with E-state index in [0.29, 0.717) is 6.42 Å². The molecule has 0 amide bonds. The van der Waals surface area contributed by atoms with Gasteiger partial charge < -0.3 is 4.74 Å². The Morgan fingerprint density at radius 1 is 1.71 bits per heavy atom. The summed E-state index contributed by atoms with van der Waals surface area (Å²) in [5, 5.41) is 0. The van der Waals surface area contributed by atoms with Crippen molar-refractivity contribution in [1.29, 1.82) is 0 Å². The van der Waals surface area contributed by atoms with Crippen molar-refractivity contribution in [3.05, 3.63) is 0 Å². The predicted octanol–water partition coefficient (Wildman–Crippen LogP) is -0.615. The van der Waals surface area contributed by atoms with Gasteiger partial charge in [0.05, 0.1) is 7.11 Å². The van der Waals surface area contributed by atoms with Crippen molar-refractivity contribution in [1.82, 2.24) is 0 Å². The van der Waals surface area contributed by atoms with Crippen molar-refractivity contribution < 1.29 is 9.53 Å². The standard InChI is InChI=1S/C4H8O2.In.3H/c1-3-4(5)6-2;;;;/h3H2,1-2H3;;;;. The molecule has 0 fully saturated rings. The molecule has 0 aliphatic rings. The van der Waals surface area contributed by atoms with Crippen LogP contribution < -0.4 is 0 Å². The van der Waals surface area contributed by atoms with Crippen molar-refractivity contribution in [2.45, 2.75) is 13.3 Å². The Labute approximate surface area is 62.0 Å². The van der Waals surface area contributed by atoms with E-state index in [-0.39, 0.29) is 31.8 Å². The summed E-state index contributed by atoms with van der Waals surface area (Å²) in [4.78, 5) is 9.96. The van der Waals surface area contributed by atoms with Crippen molar-refractivity contribution in [3.63, 3.8) is 0 Å². The fourth-order valence-corrected chi connectivity index (χ4v) is 0.144. The summed E-state index contributed by atoms with van der Waals surface area (Å²) in [6.45, 7) is 1.76. The SMILES string of the molecule is CCC(=O)OC.[InH3]. The number of methoxy groups -OCH3 is 1. The monoisotopic (exact) mass is 206 g/mol. The van der Waals surface area contributed by atoms with E-state index in [4.69, 9.17) is 0 Å². The number of carbonyl (C=O) groups excluding carboxylic acids is 1. The molecule has 2 nitrogen and oxygen atoms in total. The Balaban J connectivity index is 0. The van der Waals surface area contributed by atoms with Gasteiger partial charge in [-0.3, -0.25) is 4.79 Å². The second-order valence-electron chi connectivity index (χ2n) is 0.930. The first-order valence-electron chi connectivity index (χ1n) is 1.88. The molecule has 42 valence electrons. The molecule has 0 spiro atoms. The van der Waals surface area contributed by atoms with Gasteiger partial charge in [-0.1, -0.05) is 6.92 Å². The van der Waals surface area contributed by atoms with E-state index in [9.17, 15) is 4.79 Å². The van der Waals surface area contributed by atoms with Crippen LogP contribution in [0.3, 0.4) is 0 Å². The summed E-state index contributed by atoms with van der Waals surface area (Å²) in [5.74, 6) is -0.157. The minimum absolute atomic E-state index is 0. The molecule has 0 rings (SSSR count). The molecule has 0 N–H and O–H groups in total. The van der Waals surface area contributed by atoms with Crippen LogP contribution in [0.15, 0.2) is 0 Å². The number of hydrogen-bond donors (Lipinski definition) is 0. The molecule has 0 aliphatic carbocycles. The summed E-state index contributed by atoms with van der Waals surface area (Å²) in [7, 11) is 1.38. The van der Waals surface area contributed by atoms with Gasteiger partial charge in [0, 0.05) is 6.42 Å². The van der Waals surface area contributed by atoms with Crippen molar-refractivity contribution in [2.24, 2.45) is 0 Å². The van der Waals surface area contributed by atoms with Crippen LogP contribution in [0.25, 0.3) is 0 Å². The first-order valence-corrected chi connectivity index (χ1v) is 1.88. The fourth-order valence-electron chi connectivity index (χ4n) is 0.144. The Kier molecular flexibility index (Phi) is 9.37. The van der Waals surface area contributed by atoms with Gasteiger partial charge in [0.25, 0.3) is 0 Å². The molecular formula is C4H11InO2. The Hall–Kier alpha value is 0.340. The third-order valence-electron chi connectivity index (χ3n) is 0.516. The molecular weight excluding hydrogens is 195 g/mol. The van der Waals surface area contributed by atoms with E-state index in [1.807, 2.05) is 0 Å². The van der Waals surface area contributed by atoms with E-state index < -0.39 is 0 Å². The van der Waals surface area contributed by atoms with Gasteiger partial charge in [-0.05, 0) is 0 Å². The summed E-state index contributed by atoms with van der Waals surface area (Å²) in [6.07, 6.45) is 0.469. The molecule has 0 aromatic rings. The quantitative estimate of drug-likeness (QED) is 0.534. The molecule has 0 atom stereocenters. The van der Waals surface area contributed by atoms with Crippen LogP contribution in [0.2, 0.25) is 0 Å². The Morgan fingerprint density at radius 3 is 2.14 bits per heavy atom. The Morgan fingerprint density at radius 2 is 2.14 bits per heavy atom. The molecule has 0 heterocycles. The van der Waals surface area contributed by atoms with Crippen LogP contribution in [0, 0.1) is 0 Å². The first kappa shape index (κ1) is 10.3. The third kappa shape index (κ3) is 6.34. The zero-order chi connectivity index (χ0) is 4.99. The van der Waals surface area contributed by atoms with Crippen molar-refractivity contribution in [2.75, 3.05) is 7.11 Å². The molecule has 0 aromatic heterocycles. The topological polar surface area (TPSA) is 26.3 Å². The van der Waals surface area contributed by atoms with Crippen molar-refractivity contribution in [3.8, 4) is 0 Å². The fraction of sp³-hybridized carbons (Fsp3) is 0.750. The molecule has 0 bridgehead atoms. The molecule has 3 heteroatoms. The van der Waals surface area contributed by atoms with Crippen LogP contribution in [0.5, 0.6) is 0 Å². The van der Waals surface area contributed by atoms with Crippen LogP contribution in [-0.2, 0) is 9.53 Å². The van der Waals surface area contributed by atoms with E-state index in [1.54, 1.807) is 6.92 Å². The van der Waals surface area contributed by atoms with E-state index in [1.165, 1.54) is 7.11 Å². The molecule has 0 saturated heterocycles. The number of ether oxygens (including phenoxy) is 1. The van der Waals surface area contributed by atoms with Gasteiger partial charge in [-0.2, -0.15) is 0 Å². The predicted molar refractivity (Wildman–Crippen MR) is 32.2 cm³/mol. The zero-order valence-corrected chi connectivity index (χ0v) is 4.02. The van der Waals surface area contributed by atoms with Crippen LogP contribution in [0.4, 0.5) is 0 Å². The number of esters is 1. The molecule has 0 radical (unpaired) electrons. The summed E-state index contributed by atoms with van der Waals surface area (Å²) in [6, 6.07) is 0. The second kappa shape index (κ2) is 6.34. The van der Waals surface area contributed by atoms with Crippen LogP contribution >= 0.6 is 0 Å². The Bertz CT molecular complexity index is 47.7. The summed E-state index contributed by atoms with van der Waals surface area (Å²) in [5.41, 5.74) is 0. The van der Waals surface area contributed by atoms with Gasteiger partial charge in [0.15, 0.2) is 0 Å². The van der Waals surface area contributed by atoms with Gasteiger partial charge >= 0.3 is 31.8 Å². The van der Waals surface area contributed by atoms with Gasteiger partial charge in [0.1, 0.15) is 0 Å². The van der Waals surface area contributed by atoms with E-state index >= 15 is 0 Å². The number of carbonyl (C=O) groups is 1. The molecule has 0 aromatic carbocycles. The molecule has 0 unspecified atom stereocenters. The van der Waals surface area contributed by atoms with Crippen LogP contribution in [-0.4, -0.2) is 38.9 Å². The molecule has 0 saturated carbocycles. The molecule has 0 aliphatic heterocycles. The zero-order valence-electron chi connectivity index (χ0n) is 4.02. The van der Waals surface area contributed by atoms with Gasteiger partial charge in [0.2, 0.25) is 0 Å². The second-order valence-corrected chi connectivity index (χ2v) is 0.930. The summed E-state index contributed by atoms with van der Waals surface area (Å²) < 4.78 is 4.26. The average molecular weight is 206 g/mol. The maximum absolute atomic E-state index is 9.96. The number of hydrogen-bond acceptors (Lipinski definition) is 2. The third-order valence-corrected chi connectivity index (χ3v) is 0.516. The van der Waals surface area contributed by atoms with E-state index in [2.05, 4.69) is 4.74 Å². The molecule has 7 heavy (non-hydrogen) atoms.